The van der Waals surface area contributed by atoms with E-state index >= 15 is 0 Å². The van der Waals surface area contributed by atoms with E-state index < -0.39 is 37.9 Å². The highest BCUT2D eigenvalue weighted by molar-refractivity contribution is 7.92. The summed E-state index contributed by atoms with van der Waals surface area (Å²) in [5.41, 5.74) is 1.40. The molecule has 0 saturated heterocycles. The standard InChI is InChI=1S/C22H20F2N6O4S/c1-22(2,35(3,32)33)21(31)27-19-15(24)11-25-20(26-19)17-10-18(16-8-9-34-29-16)30(28-17)12-13-6-4-5-7-14(13)23/h4-11H,12H2,1-3H3,(H,25,26,27,31). The van der Waals surface area contributed by atoms with Crippen molar-refractivity contribution in [3.05, 3.63) is 66.1 Å². The second-order valence-electron chi connectivity index (χ2n) is 8.18. The van der Waals surface area contributed by atoms with E-state index in [1.165, 1.54) is 30.9 Å². The number of sulfone groups is 1. The Labute approximate surface area is 198 Å². The van der Waals surface area contributed by atoms with Crippen molar-refractivity contribution in [1.29, 1.82) is 0 Å². The van der Waals surface area contributed by atoms with Gasteiger partial charge in [-0.05, 0) is 26.0 Å². The van der Waals surface area contributed by atoms with Crippen molar-refractivity contribution in [1.82, 2.24) is 24.9 Å². The molecule has 1 aromatic carbocycles. The Morgan fingerprint density at radius 2 is 1.89 bits per heavy atom. The lowest BCUT2D eigenvalue weighted by Crippen LogP contribution is -2.44. The third-order valence-electron chi connectivity index (χ3n) is 5.44. The van der Waals surface area contributed by atoms with E-state index in [4.69, 9.17) is 4.52 Å². The van der Waals surface area contributed by atoms with Crippen LogP contribution in [0, 0.1) is 11.6 Å². The summed E-state index contributed by atoms with van der Waals surface area (Å²) in [6, 6.07) is 9.33. The zero-order valence-corrected chi connectivity index (χ0v) is 19.7. The van der Waals surface area contributed by atoms with Crippen LogP contribution in [0.2, 0.25) is 0 Å². The van der Waals surface area contributed by atoms with Crippen molar-refractivity contribution < 1.29 is 26.5 Å². The quantitative estimate of drug-likeness (QED) is 0.408. The first-order valence-electron chi connectivity index (χ1n) is 10.2. The molecule has 0 atom stereocenters. The number of benzene rings is 1. The van der Waals surface area contributed by atoms with Crippen molar-refractivity contribution in [3.63, 3.8) is 0 Å². The average Bonchev–Trinajstić information content (AvgIpc) is 3.46. The number of halogens is 2. The van der Waals surface area contributed by atoms with Crippen LogP contribution in [0.25, 0.3) is 22.9 Å². The molecule has 0 aliphatic rings. The molecule has 0 radical (unpaired) electrons. The van der Waals surface area contributed by atoms with Gasteiger partial charge in [0, 0.05) is 17.9 Å². The second-order valence-corrected chi connectivity index (χ2v) is 10.7. The van der Waals surface area contributed by atoms with Crippen molar-refractivity contribution in [2.24, 2.45) is 0 Å². The van der Waals surface area contributed by atoms with Crippen LogP contribution in [-0.2, 0) is 21.2 Å². The minimum atomic E-state index is -3.80. The fourth-order valence-electron chi connectivity index (χ4n) is 2.99. The molecule has 0 fully saturated rings. The molecule has 1 amide bonds. The van der Waals surface area contributed by atoms with Gasteiger partial charge in [-0.3, -0.25) is 9.48 Å². The minimum absolute atomic E-state index is 0.0439. The number of nitrogens with zero attached hydrogens (tertiary/aromatic N) is 5. The molecule has 1 N–H and O–H groups in total. The zero-order valence-electron chi connectivity index (χ0n) is 18.9. The summed E-state index contributed by atoms with van der Waals surface area (Å²) in [6.45, 7) is 2.45. The van der Waals surface area contributed by atoms with Crippen molar-refractivity contribution in [2.75, 3.05) is 11.6 Å². The van der Waals surface area contributed by atoms with Gasteiger partial charge in [-0.2, -0.15) is 5.10 Å². The molecule has 13 heteroatoms. The van der Waals surface area contributed by atoms with E-state index in [1.807, 2.05) is 0 Å². The lowest BCUT2D eigenvalue weighted by Gasteiger charge is -2.21. The highest BCUT2D eigenvalue weighted by Crippen LogP contribution is 2.26. The lowest BCUT2D eigenvalue weighted by atomic mass is 10.2. The monoisotopic (exact) mass is 502 g/mol. The van der Waals surface area contributed by atoms with E-state index in [0.717, 1.165) is 12.5 Å². The topological polar surface area (TPSA) is 133 Å². The maximum atomic E-state index is 14.4. The first kappa shape index (κ1) is 24.1. The number of hydrogen-bond donors (Lipinski definition) is 1. The van der Waals surface area contributed by atoms with Crippen LogP contribution >= 0.6 is 0 Å². The molecule has 0 saturated carbocycles. The van der Waals surface area contributed by atoms with Crippen LogP contribution < -0.4 is 5.32 Å². The number of aromatic nitrogens is 5. The maximum absolute atomic E-state index is 14.4. The van der Waals surface area contributed by atoms with Crippen molar-refractivity contribution >= 4 is 21.6 Å². The normalized spacial score (nSPS) is 12.0. The Bertz CT molecular complexity index is 1500. The zero-order chi connectivity index (χ0) is 25.4. The fraction of sp³-hybridized carbons (Fsp3) is 0.227. The van der Waals surface area contributed by atoms with Gasteiger partial charge in [-0.25, -0.2) is 27.2 Å². The molecule has 0 aliphatic heterocycles. The molecule has 0 spiro atoms. The molecule has 3 heterocycles. The van der Waals surface area contributed by atoms with Gasteiger partial charge >= 0.3 is 0 Å². The van der Waals surface area contributed by atoms with Crippen molar-refractivity contribution in [2.45, 2.75) is 25.1 Å². The first-order valence-corrected chi connectivity index (χ1v) is 12.1. The molecule has 4 aromatic rings. The van der Waals surface area contributed by atoms with Crippen LogP contribution in [0.4, 0.5) is 14.6 Å². The molecule has 3 aromatic heterocycles. The van der Waals surface area contributed by atoms with Gasteiger partial charge < -0.3 is 9.84 Å². The molecule has 4 rings (SSSR count). The van der Waals surface area contributed by atoms with Crippen LogP contribution in [0.15, 0.2) is 53.4 Å². The maximum Gasteiger partial charge on any atom is 0.246 e. The number of carbonyl (C=O) groups excluding carboxylic acids is 1. The van der Waals surface area contributed by atoms with Crippen LogP contribution in [-0.4, -0.2) is 50.2 Å². The molecule has 0 aliphatic carbocycles. The summed E-state index contributed by atoms with van der Waals surface area (Å²) >= 11 is 0. The molecular weight excluding hydrogens is 482 g/mol. The highest BCUT2D eigenvalue weighted by atomic mass is 32.2. The summed E-state index contributed by atoms with van der Waals surface area (Å²) in [4.78, 5) is 20.5. The average molecular weight is 503 g/mol. The van der Waals surface area contributed by atoms with Gasteiger partial charge in [0.05, 0.1) is 18.4 Å². The van der Waals surface area contributed by atoms with Gasteiger partial charge in [0.1, 0.15) is 28.2 Å². The van der Waals surface area contributed by atoms with Crippen molar-refractivity contribution in [3.8, 4) is 22.9 Å². The van der Waals surface area contributed by atoms with Gasteiger partial charge in [-0.15, -0.1) is 0 Å². The summed E-state index contributed by atoms with van der Waals surface area (Å²) in [6.07, 6.45) is 3.10. The van der Waals surface area contributed by atoms with Gasteiger partial charge in [0.25, 0.3) is 0 Å². The number of anilines is 1. The number of hydrogen-bond acceptors (Lipinski definition) is 8. The van der Waals surface area contributed by atoms with Gasteiger partial charge in [0.2, 0.25) is 5.91 Å². The third kappa shape index (κ3) is 4.80. The Hall–Kier alpha value is -4.00. The summed E-state index contributed by atoms with van der Waals surface area (Å²) in [7, 11) is -3.80. The van der Waals surface area contributed by atoms with Gasteiger partial charge in [-0.1, -0.05) is 23.4 Å². The molecule has 10 nitrogen and oxygen atoms in total. The summed E-state index contributed by atoms with van der Waals surface area (Å²) in [5, 5.41) is 10.5. The molecule has 0 bridgehead atoms. The SMILES string of the molecule is CC(C)(C(=O)Nc1nc(-c2cc(-c3ccon3)n(Cc3ccccc3F)n2)ncc1F)S(C)(=O)=O. The Morgan fingerprint density at radius 1 is 1.14 bits per heavy atom. The van der Waals surface area contributed by atoms with E-state index in [0.29, 0.717) is 17.0 Å². The number of rotatable bonds is 7. The van der Waals surface area contributed by atoms with Crippen LogP contribution in [0.5, 0.6) is 0 Å². The van der Waals surface area contributed by atoms with E-state index in [9.17, 15) is 22.0 Å². The van der Waals surface area contributed by atoms with E-state index in [-0.39, 0.29) is 18.1 Å². The van der Waals surface area contributed by atoms with E-state index in [2.05, 4.69) is 25.5 Å². The highest BCUT2D eigenvalue weighted by Gasteiger charge is 2.39. The molecule has 182 valence electrons. The van der Waals surface area contributed by atoms with Crippen LogP contribution in [0.1, 0.15) is 19.4 Å². The lowest BCUT2D eigenvalue weighted by molar-refractivity contribution is -0.117. The largest absolute Gasteiger partial charge is 0.364 e. The van der Waals surface area contributed by atoms with E-state index in [1.54, 1.807) is 30.3 Å². The first-order chi connectivity index (χ1) is 16.5. The fourth-order valence-corrected chi connectivity index (χ4v) is 3.38. The number of carbonyl (C=O) groups is 1. The third-order valence-corrected chi connectivity index (χ3v) is 7.48. The summed E-state index contributed by atoms with van der Waals surface area (Å²) in [5.74, 6) is -2.92. The Morgan fingerprint density at radius 3 is 2.54 bits per heavy atom. The number of amides is 1. The minimum Gasteiger partial charge on any atom is -0.364 e. The van der Waals surface area contributed by atoms with Gasteiger partial charge in [0.15, 0.2) is 27.3 Å². The second kappa shape index (κ2) is 8.98. The molecular formula is C22H20F2N6O4S. The summed E-state index contributed by atoms with van der Waals surface area (Å²) < 4.78 is 57.1. The molecule has 0 unspecified atom stereocenters. The Balaban J connectivity index is 1.72. The predicted molar refractivity (Wildman–Crippen MR) is 122 cm³/mol. The molecule has 35 heavy (non-hydrogen) atoms. The smallest absolute Gasteiger partial charge is 0.246 e. The number of nitrogens with one attached hydrogen (secondary N) is 1. The predicted octanol–water partition coefficient (Wildman–Crippen LogP) is 3.08. The van der Waals surface area contributed by atoms with Crippen LogP contribution in [0.3, 0.4) is 0 Å². The Kier molecular flexibility index (Phi) is 6.19.